The van der Waals surface area contributed by atoms with Crippen LogP contribution in [0.3, 0.4) is 0 Å². The highest BCUT2D eigenvalue weighted by Gasteiger charge is 2.25. The van der Waals surface area contributed by atoms with Crippen LogP contribution >= 0.6 is 11.8 Å². The number of nitrogens with zero attached hydrogens (tertiary/aromatic N) is 3. The molecule has 0 unspecified atom stereocenters. The number of piperidine rings is 1. The molecule has 0 aliphatic carbocycles. The highest BCUT2D eigenvalue weighted by atomic mass is 32.2. The lowest BCUT2D eigenvalue weighted by molar-refractivity contribution is 0.143. The predicted octanol–water partition coefficient (Wildman–Crippen LogP) is 4.65. The van der Waals surface area contributed by atoms with Crippen molar-refractivity contribution in [3.8, 4) is 5.75 Å². The number of aryl methyl sites for hydroxylation is 3. The molecule has 30 heavy (non-hydrogen) atoms. The Morgan fingerprint density at radius 3 is 2.67 bits per heavy atom. The van der Waals surface area contributed by atoms with Gasteiger partial charge in [-0.3, -0.25) is 4.98 Å². The Labute approximate surface area is 181 Å². The number of nitrogens with one attached hydrogen (secondary N) is 1. The minimum absolute atomic E-state index is 0.270. The number of carbonyl (C=O) groups excluding carboxylic acids is 1. The number of imidazole rings is 1. The standard InChI is InChI=1S/C23H26N4O2S/c1-17-3-2-4-19(26-17)8-5-18-6-9-20(10-7-18)29-23(28)27-15-11-21(12-16-27)30-22-24-13-14-25-22/h2-4,6-7,9-10,13-14,21H,5,8,11-12,15-16H2,1H3,(H,24,25). The Kier molecular flexibility index (Phi) is 6.69. The highest BCUT2D eigenvalue weighted by molar-refractivity contribution is 7.99. The summed E-state index contributed by atoms with van der Waals surface area (Å²) in [5.41, 5.74) is 3.34. The van der Waals surface area contributed by atoms with Gasteiger partial charge in [-0.15, -0.1) is 0 Å². The van der Waals surface area contributed by atoms with Crippen LogP contribution in [0.25, 0.3) is 0 Å². The second kappa shape index (κ2) is 9.80. The molecule has 6 nitrogen and oxygen atoms in total. The number of ether oxygens (including phenoxy) is 1. The molecule has 1 amide bonds. The van der Waals surface area contributed by atoms with Gasteiger partial charge in [0.1, 0.15) is 5.75 Å². The van der Waals surface area contributed by atoms with Gasteiger partial charge in [-0.1, -0.05) is 30.0 Å². The molecule has 4 rings (SSSR count). The minimum atomic E-state index is -0.270. The molecule has 3 aromatic rings. The van der Waals surface area contributed by atoms with Crippen LogP contribution in [0.5, 0.6) is 5.75 Å². The maximum atomic E-state index is 12.5. The highest BCUT2D eigenvalue weighted by Crippen LogP contribution is 2.28. The number of hydrogen-bond acceptors (Lipinski definition) is 5. The quantitative estimate of drug-likeness (QED) is 0.626. The summed E-state index contributed by atoms with van der Waals surface area (Å²) in [4.78, 5) is 26.2. The molecule has 0 saturated carbocycles. The number of thioether (sulfide) groups is 1. The van der Waals surface area contributed by atoms with Gasteiger partial charge in [0.2, 0.25) is 0 Å². The monoisotopic (exact) mass is 422 g/mol. The summed E-state index contributed by atoms with van der Waals surface area (Å²) < 4.78 is 5.58. The molecule has 1 aliphatic rings. The van der Waals surface area contributed by atoms with Crippen molar-refractivity contribution >= 4 is 17.9 Å². The molecule has 156 valence electrons. The molecule has 0 atom stereocenters. The molecule has 0 spiro atoms. The summed E-state index contributed by atoms with van der Waals surface area (Å²) in [7, 11) is 0. The zero-order valence-electron chi connectivity index (χ0n) is 17.1. The third kappa shape index (κ3) is 5.63. The van der Waals surface area contributed by atoms with Crippen molar-refractivity contribution < 1.29 is 9.53 Å². The number of pyridine rings is 1. The molecule has 1 N–H and O–H groups in total. The van der Waals surface area contributed by atoms with E-state index in [0.717, 1.165) is 42.2 Å². The molecular weight excluding hydrogens is 396 g/mol. The zero-order chi connectivity index (χ0) is 20.8. The van der Waals surface area contributed by atoms with Crippen LogP contribution in [0.15, 0.2) is 60.0 Å². The Morgan fingerprint density at radius 1 is 1.17 bits per heavy atom. The summed E-state index contributed by atoms with van der Waals surface area (Å²) in [5.74, 6) is 0.588. The number of rotatable bonds is 6. The first-order chi connectivity index (χ1) is 14.7. The topological polar surface area (TPSA) is 71.1 Å². The molecule has 3 heterocycles. The van der Waals surface area contributed by atoms with E-state index in [9.17, 15) is 4.79 Å². The third-order valence-electron chi connectivity index (χ3n) is 5.20. The van der Waals surface area contributed by atoms with Crippen molar-refractivity contribution in [3.05, 3.63) is 71.8 Å². The van der Waals surface area contributed by atoms with Crippen molar-refractivity contribution in [2.24, 2.45) is 0 Å². The number of aromatic nitrogens is 3. The number of likely N-dealkylation sites (tertiary alicyclic amines) is 1. The van der Waals surface area contributed by atoms with Gasteiger partial charge in [-0.2, -0.15) is 0 Å². The van der Waals surface area contributed by atoms with E-state index in [1.807, 2.05) is 49.5 Å². The van der Waals surface area contributed by atoms with E-state index in [2.05, 4.69) is 21.0 Å². The van der Waals surface area contributed by atoms with E-state index in [0.29, 0.717) is 24.1 Å². The third-order valence-corrected chi connectivity index (χ3v) is 6.45. The first-order valence-electron chi connectivity index (χ1n) is 10.3. The van der Waals surface area contributed by atoms with Crippen LogP contribution in [-0.2, 0) is 12.8 Å². The number of carbonyl (C=O) groups is 1. The fraction of sp³-hybridized carbons (Fsp3) is 0.348. The SMILES string of the molecule is Cc1cccc(CCc2ccc(OC(=O)N3CCC(Sc4ncc[nH]4)CC3)cc2)n1. The molecule has 2 aromatic heterocycles. The first kappa shape index (κ1) is 20.5. The van der Waals surface area contributed by atoms with Gasteiger partial charge < -0.3 is 14.6 Å². The average molecular weight is 423 g/mol. The zero-order valence-corrected chi connectivity index (χ0v) is 17.9. The van der Waals surface area contributed by atoms with Gasteiger partial charge >= 0.3 is 6.09 Å². The van der Waals surface area contributed by atoms with Crippen molar-refractivity contribution in [1.82, 2.24) is 19.9 Å². The molecule has 7 heteroatoms. The lowest BCUT2D eigenvalue weighted by Gasteiger charge is -2.30. The maximum Gasteiger partial charge on any atom is 0.415 e. The van der Waals surface area contributed by atoms with E-state index in [1.165, 1.54) is 5.56 Å². The summed E-state index contributed by atoms with van der Waals surface area (Å²) in [6.45, 7) is 3.42. The van der Waals surface area contributed by atoms with Crippen molar-refractivity contribution in [2.45, 2.75) is 43.0 Å². The minimum Gasteiger partial charge on any atom is -0.410 e. The van der Waals surface area contributed by atoms with E-state index in [4.69, 9.17) is 4.74 Å². The second-order valence-electron chi connectivity index (χ2n) is 7.48. The van der Waals surface area contributed by atoms with Gasteiger partial charge in [-0.05, 0) is 62.4 Å². The largest absolute Gasteiger partial charge is 0.415 e. The van der Waals surface area contributed by atoms with Gasteiger partial charge in [0.15, 0.2) is 5.16 Å². The predicted molar refractivity (Wildman–Crippen MR) is 118 cm³/mol. The Morgan fingerprint density at radius 2 is 1.97 bits per heavy atom. The van der Waals surface area contributed by atoms with Crippen LogP contribution in [0.2, 0.25) is 0 Å². The van der Waals surface area contributed by atoms with Gasteiger partial charge in [0.25, 0.3) is 0 Å². The Balaban J connectivity index is 1.23. The second-order valence-corrected chi connectivity index (χ2v) is 8.77. The first-order valence-corrected chi connectivity index (χ1v) is 11.2. The van der Waals surface area contributed by atoms with E-state index in [1.54, 1.807) is 22.9 Å². The fourth-order valence-corrected chi connectivity index (χ4v) is 4.55. The molecule has 0 bridgehead atoms. The summed E-state index contributed by atoms with van der Waals surface area (Å²) in [6.07, 6.45) is 7.00. The molecule has 0 radical (unpaired) electrons. The van der Waals surface area contributed by atoms with Crippen LogP contribution in [0.4, 0.5) is 4.79 Å². The molecular formula is C23H26N4O2S. The number of amides is 1. The Bertz CT molecular complexity index is 952. The molecule has 1 saturated heterocycles. The molecule has 1 aliphatic heterocycles. The average Bonchev–Trinajstić information content (AvgIpc) is 3.27. The van der Waals surface area contributed by atoms with Crippen LogP contribution in [0.1, 0.15) is 29.8 Å². The number of H-pyrrole nitrogens is 1. The van der Waals surface area contributed by atoms with Crippen LogP contribution < -0.4 is 4.74 Å². The van der Waals surface area contributed by atoms with Gasteiger partial charge in [-0.25, -0.2) is 9.78 Å². The summed E-state index contributed by atoms with van der Waals surface area (Å²) in [5, 5.41) is 1.41. The summed E-state index contributed by atoms with van der Waals surface area (Å²) in [6, 6.07) is 13.9. The van der Waals surface area contributed by atoms with E-state index < -0.39 is 0 Å². The maximum absolute atomic E-state index is 12.5. The van der Waals surface area contributed by atoms with Gasteiger partial charge in [0, 0.05) is 42.1 Å². The van der Waals surface area contributed by atoms with Crippen molar-refractivity contribution in [1.29, 1.82) is 0 Å². The number of aromatic amines is 1. The normalized spacial score (nSPS) is 14.6. The summed E-state index contributed by atoms with van der Waals surface area (Å²) >= 11 is 1.74. The lowest BCUT2D eigenvalue weighted by atomic mass is 10.1. The van der Waals surface area contributed by atoms with Crippen molar-refractivity contribution in [3.63, 3.8) is 0 Å². The lowest BCUT2D eigenvalue weighted by Crippen LogP contribution is -2.40. The van der Waals surface area contributed by atoms with Crippen molar-refractivity contribution in [2.75, 3.05) is 13.1 Å². The number of hydrogen-bond donors (Lipinski definition) is 1. The fourth-order valence-electron chi connectivity index (χ4n) is 3.53. The van der Waals surface area contributed by atoms with E-state index in [-0.39, 0.29) is 6.09 Å². The van der Waals surface area contributed by atoms with Crippen LogP contribution in [-0.4, -0.2) is 44.3 Å². The molecule has 1 aromatic carbocycles. The van der Waals surface area contributed by atoms with E-state index >= 15 is 0 Å². The Hall–Kier alpha value is -2.80. The van der Waals surface area contributed by atoms with Crippen LogP contribution in [0, 0.1) is 6.92 Å². The molecule has 1 fully saturated rings. The smallest absolute Gasteiger partial charge is 0.410 e. The van der Waals surface area contributed by atoms with Gasteiger partial charge in [0.05, 0.1) is 0 Å². The number of benzene rings is 1.